The summed E-state index contributed by atoms with van der Waals surface area (Å²) in [5, 5.41) is 13.3. The lowest BCUT2D eigenvalue weighted by Gasteiger charge is -2.30. The maximum absolute atomic E-state index is 6.09. The third kappa shape index (κ3) is 10.7. The first-order valence-electron chi connectivity index (χ1n) is 31.6. The highest BCUT2D eigenvalue weighted by molar-refractivity contribution is 6.29. The van der Waals surface area contributed by atoms with E-state index in [1.54, 1.807) is 13.8 Å². The van der Waals surface area contributed by atoms with Crippen molar-refractivity contribution in [3.8, 4) is 201 Å². The summed E-state index contributed by atoms with van der Waals surface area (Å²) in [4.78, 5) is 0. The summed E-state index contributed by atoms with van der Waals surface area (Å²) in [5.41, 5.74) is 32.2. The third-order valence-electron chi connectivity index (χ3n) is 20.5. The molecule has 0 radical (unpaired) electrons. The van der Waals surface area contributed by atoms with E-state index >= 15 is 0 Å². The largest absolute Gasteiger partial charge is 0.106 e. The fraction of sp³-hybridized carbons (Fsp3) is 0.242. The van der Waals surface area contributed by atoms with Crippen LogP contribution in [0.2, 0.25) is 0 Å². The average molecular weight is 1210 g/mol. The third-order valence-corrected chi connectivity index (χ3v) is 20.5. The Balaban J connectivity index is 1.74. The lowest BCUT2D eigenvalue weighted by molar-refractivity contribution is 1.23. The van der Waals surface area contributed by atoms with Gasteiger partial charge in [-0.3, -0.25) is 0 Å². The molecule has 0 N–H and O–H groups in total. The molecule has 9 rings (SSSR count). The van der Waals surface area contributed by atoms with Crippen molar-refractivity contribution >= 4 is 64.6 Å². The van der Waals surface area contributed by atoms with Crippen molar-refractivity contribution in [3.05, 3.63) is 145 Å². The molecule has 0 aromatic heterocycles. The van der Waals surface area contributed by atoms with Crippen LogP contribution in [0.25, 0.3) is 86.9 Å². The molecule has 0 aliphatic rings. The summed E-state index contributed by atoms with van der Waals surface area (Å²) in [6, 6.07) is 0. The first kappa shape index (κ1) is 67.3. The molecule has 0 heterocycles. The molecule has 0 heteroatoms. The van der Waals surface area contributed by atoms with Crippen LogP contribution in [-0.2, 0) is 0 Å². The molecule has 0 nitrogen and oxygen atoms in total. The number of rotatable bonds is 2. The van der Waals surface area contributed by atoms with Gasteiger partial charge in [0.2, 0.25) is 0 Å². The standard InChI is InChI=1S/C95H72/c1-27-33-38-41-43-47-53-78-75(51-46-42-39-34-28-2)76(50-45-40-35-29-3)79(52-44-36-30-4)95-93-77(49-37-31-5)74(48-32-6)60(13)69(22)83(93)73(26)92(94(78)95)88-68(21)59(12)63(16)82-70(23)89-81(71(24)90(82)88)62(15)58(11)67(20)87(89)91-72(25)80-61(14)54(7)55(8)64(17)84(80)85-65(18)56(9)57(10)66(19)86(85)91/h1,3,5H,2,4,6-26H3. The zero-order valence-electron chi connectivity index (χ0n) is 59.2. The number of aryl methyl sites for hydroxylation is 11. The van der Waals surface area contributed by atoms with E-state index in [0.717, 1.165) is 71.6 Å². The van der Waals surface area contributed by atoms with Gasteiger partial charge in [0.1, 0.15) is 0 Å². The highest BCUT2D eigenvalue weighted by Gasteiger charge is 2.33. The quantitative estimate of drug-likeness (QED) is 0.0919. The summed E-state index contributed by atoms with van der Waals surface area (Å²) >= 11 is 0. The zero-order valence-corrected chi connectivity index (χ0v) is 59.2. The van der Waals surface area contributed by atoms with Crippen LogP contribution in [0, 0.1) is 318 Å². The molecule has 0 aliphatic carbocycles. The normalized spacial score (nSPS) is 9.85. The lowest BCUT2D eigenvalue weighted by Crippen LogP contribution is -2.08. The second-order valence-corrected chi connectivity index (χ2v) is 24.6. The molecule has 0 bridgehead atoms. The monoisotopic (exact) mass is 1210 g/mol. The van der Waals surface area contributed by atoms with Gasteiger partial charge >= 0.3 is 0 Å². The fourth-order valence-corrected chi connectivity index (χ4v) is 14.9. The van der Waals surface area contributed by atoms with E-state index in [2.05, 4.69) is 298 Å². The van der Waals surface area contributed by atoms with E-state index in [-0.39, 0.29) is 0 Å². The van der Waals surface area contributed by atoms with Crippen LogP contribution < -0.4 is 0 Å². The molecular formula is C95H72. The Kier molecular flexibility index (Phi) is 19.2. The van der Waals surface area contributed by atoms with E-state index in [0.29, 0.717) is 33.2 Å². The van der Waals surface area contributed by atoms with Gasteiger partial charge in [0.05, 0.1) is 22.3 Å². The Morgan fingerprint density at radius 2 is 0.421 bits per heavy atom. The Hall–Kier alpha value is -12.1. The van der Waals surface area contributed by atoms with Gasteiger partial charge in [-0.2, -0.15) is 0 Å². The molecule has 0 aliphatic heterocycles. The van der Waals surface area contributed by atoms with Crippen LogP contribution in [0.15, 0.2) is 0 Å². The molecule has 95 heavy (non-hydrogen) atoms. The van der Waals surface area contributed by atoms with Gasteiger partial charge in [-0.25, -0.2) is 0 Å². The summed E-state index contributed by atoms with van der Waals surface area (Å²) in [5.74, 6) is 81.4. The Bertz CT molecular complexity index is 6160. The van der Waals surface area contributed by atoms with Crippen molar-refractivity contribution in [2.75, 3.05) is 0 Å². The second-order valence-electron chi connectivity index (χ2n) is 24.6. The molecule has 0 fully saturated rings. The van der Waals surface area contributed by atoms with Gasteiger partial charge in [0, 0.05) is 27.3 Å². The molecule has 452 valence electrons. The molecule has 0 spiro atoms. The van der Waals surface area contributed by atoms with E-state index in [1.165, 1.54) is 127 Å². The first-order valence-corrected chi connectivity index (χ1v) is 31.6. The van der Waals surface area contributed by atoms with Crippen LogP contribution in [0.3, 0.4) is 0 Å². The summed E-state index contributed by atoms with van der Waals surface area (Å²) in [7, 11) is 0. The molecule has 0 amide bonds. The van der Waals surface area contributed by atoms with Gasteiger partial charge in [-0.05, 0) is 448 Å². The van der Waals surface area contributed by atoms with Crippen LogP contribution >= 0.6 is 0 Å². The van der Waals surface area contributed by atoms with Gasteiger partial charge in [0.25, 0.3) is 0 Å². The Morgan fingerprint density at radius 1 is 0.158 bits per heavy atom. The van der Waals surface area contributed by atoms with Crippen molar-refractivity contribution in [2.45, 2.75) is 159 Å². The molecule has 9 aromatic rings. The minimum absolute atomic E-state index is 0.416. The maximum Gasteiger partial charge on any atom is 0.0588 e. The topological polar surface area (TPSA) is 0 Å². The number of hydrogen-bond donors (Lipinski definition) is 0. The van der Waals surface area contributed by atoms with Crippen molar-refractivity contribution in [1.29, 1.82) is 0 Å². The van der Waals surface area contributed by atoms with E-state index in [9.17, 15) is 0 Å². The van der Waals surface area contributed by atoms with Gasteiger partial charge in [-0.1, -0.05) is 47.4 Å². The van der Waals surface area contributed by atoms with Gasteiger partial charge in [-0.15, -0.1) is 25.2 Å². The minimum atomic E-state index is 0.416. The highest BCUT2D eigenvalue weighted by Crippen LogP contribution is 2.55. The average Bonchev–Trinajstić information content (AvgIpc) is 0.692. The second kappa shape index (κ2) is 27.0. The highest BCUT2D eigenvalue weighted by atomic mass is 14.4. The van der Waals surface area contributed by atoms with Crippen LogP contribution in [-0.4, -0.2) is 0 Å². The molecule has 0 unspecified atom stereocenters. The number of hydrogen-bond acceptors (Lipinski definition) is 0. The van der Waals surface area contributed by atoms with Crippen LogP contribution in [0.4, 0.5) is 0 Å². The van der Waals surface area contributed by atoms with Crippen molar-refractivity contribution in [2.24, 2.45) is 0 Å². The van der Waals surface area contributed by atoms with Gasteiger partial charge < -0.3 is 0 Å². The van der Waals surface area contributed by atoms with Crippen LogP contribution in [0.1, 0.15) is 165 Å². The summed E-state index contributed by atoms with van der Waals surface area (Å²) in [6.07, 6.45) is 17.4. The van der Waals surface area contributed by atoms with Crippen molar-refractivity contribution in [3.63, 3.8) is 0 Å². The van der Waals surface area contributed by atoms with Crippen molar-refractivity contribution in [1.82, 2.24) is 0 Å². The predicted molar refractivity (Wildman–Crippen MR) is 409 cm³/mol. The number of terminal acetylenes is 3. The van der Waals surface area contributed by atoms with E-state index in [4.69, 9.17) is 19.3 Å². The summed E-state index contributed by atoms with van der Waals surface area (Å²) < 4.78 is 0. The van der Waals surface area contributed by atoms with Gasteiger partial charge in [0.15, 0.2) is 0 Å². The molecule has 0 saturated carbocycles. The Labute approximate surface area is 566 Å². The SMILES string of the molecule is C#CC#CC#CC#Cc1c(C#CC#CC#CC)c(C#CC#CC#C)c(C#CC#CC)c2c1c(-c1c(C)c(C)c(C)c3c(C)c4c(-c5c(C)c6c(C)c(C)c(C)c(C)c6c6c(C)c(C)c(C)c(C)c56)c(C)c(C)c(C)c4c(C)c13)c(C)c1c(C)c(C)c(C#CC)c(C#CC#C)c12. The molecule has 9 aromatic carbocycles. The van der Waals surface area contributed by atoms with E-state index < -0.39 is 0 Å². The first-order chi connectivity index (χ1) is 45.4. The molecular weight excluding hydrogens is 1140 g/mol. The molecule has 0 atom stereocenters. The number of fused-ring (bicyclic) bond motifs is 8. The van der Waals surface area contributed by atoms with Crippen molar-refractivity contribution < 1.29 is 0 Å². The lowest BCUT2D eigenvalue weighted by atomic mass is 9.73. The van der Waals surface area contributed by atoms with E-state index in [1.807, 2.05) is 6.92 Å². The maximum atomic E-state index is 6.09. The zero-order chi connectivity index (χ0) is 69.3. The summed E-state index contributed by atoms with van der Waals surface area (Å²) in [6.45, 7) is 51.2. The predicted octanol–water partition coefficient (Wildman–Crippen LogP) is 19.2. The smallest absolute Gasteiger partial charge is 0.0588 e. The number of benzene rings is 9. The van der Waals surface area contributed by atoms with Crippen LogP contribution in [0.5, 0.6) is 0 Å². The fourth-order valence-electron chi connectivity index (χ4n) is 14.9. The Morgan fingerprint density at radius 3 is 0.874 bits per heavy atom. The molecule has 0 saturated heterocycles. The minimum Gasteiger partial charge on any atom is -0.106 e.